The lowest BCUT2D eigenvalue weighted by Crippen LogP contribution is -2.35. The van der Waals surface area contributed by atoms with Crippen LogP contribution in [-0.2, 0) is 9.53 Å². The van der Waals surface area contributed by atoms with Crippen molar-refractivity contribution < 1.29 is 9.53 Å². The quantitative estimate of drug-likeness (QED) is 0.774. The highest BCUT2D eigenvalue weighted by atomic mass is 35.5. The molecule has 0 N–H and O–H groups in total. The van der Waals surface area contributed by atoms with Crippen LogP contribution < -0.4 is 0 Å². The van der Waals surface area contributed by atoms with Crippen molar-refractivity contribution in [1.82, 2.24) is 4.90 Å². The Bertz CT molecular complexity index is 444. The minimum Gasteiger partial charge on any atom is -0.466 e. The summed E-state index contributed by atoms with van der Waals surface area (Å²) in [4.78, 5) is 14.3. The minimum absolute atomic E-state index is 0.0306. The van der Waals surface area contributed by atoms with Crippen LogP contribution in [0.4, 0.5) is 0 Å². The molecule has 0 amide bonds. The molecule has 3 nitrogen and oxygen atoms in total. The van der Waals surface area contributed by atoms with E-state index in [1.165, 1.54) is 19.3 Å². The molecule has 1 aromatic rings. The number of ether oxygens (including phenoxy) is 1. The van der Waals surface area contributed by atoms with Gasteiger partial charge in [-0.1, -0.05) is 36.2 Å². The Labute approximate surface area is 125 Å². The molecule has 1 aliphatic rings. The van der Waals surface area contributed by atoms with Crippen LogP contribution in [0.2, 0.25) is 5.02 Å². The van der Waals surface area contributed by atoms with E-state index in [0.29, 0.717) is 13.0 Å². The predicted octanol–water partition coefficient (Wildman–Crippen LogP) is 3.82. The summed E-state index contributed by atoms with van der Waals surface area (Å²) >= 11 is 6.32. The van der Waals surface area contributed by atoms with Gasteiger partial charge in [0.15, 0.2) is 0 Å². The van der Waals surface area contributed by atoms with Gasteiger partial charge in [-0.05, 0) is 44.5 Å². The van der Waals surface area contributed by atoms with Gasteiger partial charge in [0.05, 0.1) is 13.0 Å². The van der Waals surface area contributed by atoms with Gasteiger partial charge in [-0.25, -0.2) is 0 Å². The smallest absolute Gasteiger partial charge is 0.307 e. The second-order valence-corrected chi connectivity index (χ2v) is 5.55. The van der Waals surface area contributed by atoms with Gasteiger partial charge in [-0.2, -0.15) is 0 Å². The maximum atomic E-state index is 11.9. The van der Waals surface area contributed by atoms with Crippen molar-refractivity contribution in [2.75, 3.05) is 19.7 Å². The van der Waals surface area contributed by atoms with Gasteiger partial charge in [0.25, 0.3) is 0 Å². The van der Waals surface area contributed by atoms with Crippen LogP contribution in [0.5, 0.6) is 0 Å². The molecule has 20 heavy (non-hydrogen) atoms. The molecule has 1 aromatic carbocycles. The van der Waals surface area contributed by atoms with E-state index >= 15 is 0 Å². The first-order chi connectivity index (χ1) is 9.72. The van der Waals surface area contributed by atoms with Crippen molar-refractivity contribution in [2.24, 2.45) is 0 Å². The normalized spacial score (nSPS) is 17.7. The lowest BCUT2D eigenvalue weighted by atomic mass is 9.99. The number of likely N-dealkylation sites (tertiary alicyclic amines) is 1. The molecule has 0 aromatic heterocycles. The molecule has 0 unspecified atom stereocenters. The summed E-state index contributed by atoms with van der Waals surface area (Å²) in [6, 6.07) is 7.83. The van der Waals surface area contributed by atoms with Gasteiger partial charge in [-0.3, -0.25) is 9.69 Å². The van der Waals surface area contributed by atoms with Crippen LogP contribution in [0.25, 0.3) is 0 Å². The molecule has 1 heterocycles. The Hall–Kier alpha value is -1.06. The number of piperidine rings is 1. The van der Waals surface area contributed by atoms with Gasteiger partial charge in [0.2, 0.25) is 0 Å². The first kappa shape index (κ1) is 15.3. The number of nitrogens with zero attached hydrogens (tertiary/aromatic N) is 1. The molecule has 1 fully saturated rings. The number of hydrogen-bond acceptors (Lipinski definition) is 3. The molecule has 0 spiro atoms. The Morgan fingerprint density at radius 2 is 2.00 bits per heavy atom. The van der Waals surface area contributed by atoms with E-state index in [9.17, 15) is 4.79 Å². The number of hydrogen-bond donors (Lipinski definition) is 0. The Balaban J connectivity index is 2.19. The summed E-state index contributed by atoms with van der Waals surface area (Å²) in [5, 5.41) is 0.729. The first-order valence-corrected chi connectivity index (χ1v) is 7.74. The van der Waals surface area contributed by atoms with Gasteiger partial charge in [0.1, 0.15) is 0 Å². The van der Waals surface area contributed by atoms with Gasteiger partial charge >= 0.3 is 5.97 Å². The van der Waals surface area contributed by atoms with Crippen LogP contribution in [0.3, 0.4) is 0 Å². The third-order valence-corrected chi connectivity index (χ3v) is 4.11. The van der Waals surface area contributed by atoms with E-state index < -0.39 is 0 Å². The van der Waals surface area contributed by atoms with Gasteiger partial charge in [0, 0.05) is 11.1 Å². The van der Waals surface area contributed by atoms with Crippen LogP contribution in [0.15, 0.2) is 24.3 Å². The molecular weight excluding hydrogens is 274 g/mol. The van der Waals surface area contributed by atoms with Crippen molar-refractivity contribution in [3.05, 3.63) is 34.9 Å². The summed E-state index contributed by atoms with van der Waals surface area (Å²) < 4.78 is 5.12. The fourth-order valence-electron chi connectivity index (χ4n) is 2.79. The Morgan fingerprint density at radius 3 is 2.65 bits per heavy atom. The average molecular weight is 296 g/mol. The Morgan fingerprint density at radius 1 is 1.30 bits per heavy atom. The van der Waals surface area contributed by atoms with E-state index in [2.05, 4.69) is 4.90 Å². The summed E-state index contributed by atoms with van der Waals surface area (Å²) in [6.07, 6.45) is 4.01. The summed E-state index contributed by atoms with van der Waals surface area (Å²) in [5.74, 6) is -0.150. The fraction of sp³-hybridized carbons (Fsp3) is 0.562. The van der Waals surface area contributed by atoms with Crippen molar-refractivity contribution in [3.8, 4) is 0 Å². The largest absolute Gasteiger partial charge is 0.466 e. The number of benzene rings is 1. The van der Waals surface area contributed by atoms with Crippen molar-refractivity contribution in [2.45, 2.75) is 38.6 Å². The topological polar surface area (TPSA) is 29.5 Å². The molecule has 1 saturated heterocycles. The molecule has 1 aliphatic heterocycles. The zero-order chi connectivity index (χ0) is 14.4. The van der Waals surface area contributed by atoms with E-state index in [-0.39, 0.29) is 12.0 Å². The van der Waals surface area contributed by atoms with Crippen LogP contribution in [0, 0.1) is 0 Å². The standard InChI is InChI=1S/C16H22ClNO2/c1-2-20-16(19)12-15(18-10-6-3-7-11-18)13-8-4-5-9-14(13)17/h4-5,8-9,15H,2-3,6-7,10-12H2,1H3/t15-/m0/s1. The zero-order valence-electron chi connectivity index (χ0n) is 12.0. The number of rotatable bonds is 5. The molecular formula is C16H22ClNO2. The summed E-state index contributed by atoms with van der Waals surface area (Å²) in [5.41, 5.74) is 1.03. The molecule has 1 atom stereocenters. The van der Waals surface area contributed by atoms with Gasteiger partial charge < -0.3 is 4.74 Å². The van der Waals surface area contributed by atoms with Gasteiger partial charge in [-0.15, -0.1) is 0 Å². The van der Waals surface area contributed by atoms with Crippen LogP contribution in [0.1, 0.15) is 44.2 Å². The first-order valence-electron chi connectivity index (χ1n) is 7.36. The molecule has 4 heteroatoms. The van der Waals surface area contributed by atoms with E-state index in [1.54, 1.807) is 0 Å². The SMILES string of the molecule is CCOC(=O)C[C@@H](c1ccccc1Cl)N1CCCCC1. The molecule has 2 rings (SSSR count). The zero-order valence-corrected chi connectivity index (χ0v) is 12.7. The van der Waals surface area contributed by atoms with Crippen molar-refractivity contribution >= 4 is 17.6 Å². The molecule has 0 radical (unpaired) electrons. The third kappa shape index (κ3) is 3.97. The monoisotopic (exact) mass is 295 g/mol. The van der Waals surface area contributed by atoms with Crippen LogP contribution in [-0.4, -0.2) is 30.6 Å². The fourth-order valence-corrected chi connectivity index (χ4v) is 3.05. The lowest BCUT2D eigenvalue weighted by molar-refractivity contribution is -0.144. The van der Waals surface area contributed by atoms with Crippen molar-refractivity contribution in [3.63, 3.8) is 0 Å². The second-order valence-electron chi connectivity index (χ2n) is 5.14. The molecule has 110 valence electrons. The maximum Gasteiger partial charge on any atom is 0.307 e. The minimum atomic E-state index is -0.150. The Kier molecular flexibility index (Phi) is 5.86. The maximum absolute atomic E-state index is 11.9. The predicted molar refractivity (Wildman–Crippen MR) is 80.9 cm³/mol. The van der Waals surface area contributed by atoms with E-state index in [1.807, 2.05) is 31.2 Å². The highest BCUT2D eigenvalue weighted by Gasteiger charge is 2.26. The molecule has 0 saturated carbocycles. The number of carbonyl (C=O) groups excluding carboxylic acids is 1. The molecule has 0 aliphatic carbocycles. The average Bonchev–Trinajstić information content (AvgIpc) is 2.47. The number of halogens is 1. The highest BCUT2D eigenvalue weighted by Crippen LogP contribution is 2.32. The summed E-state index contributed by atoms with van der Waals surface area (Å²) in [6.45, 7) is 4.31. The number of esters is 1. The second kappa shape index (κ2) is 7.65. The van der Waals surface area contributed by atoms with Crippen molar-refractivity contribution in [1.29, 1.82) is 0 Å². The van der Waals surface area contributed by atoms with E-state index in [4.69, 9.17) is 16.3 Å². The molecule has 0 bridgehead atoms. The van der Waals surface area contributed by atoms with E-state index in [0.717, 1.165) is 23.7 Å². The number of carbonyl (C=O) groups is 1. The summed E-state index contributed by atoms with van der Waals surface area (Å²) in [7, 11) is 0. The highest BCUT2D eigenvalue weighted by molar-refractivity contribution is 6.31. The van der Waals surface area contributed by atoms with Crippen LogP contribution >= 0.6 is 11.6 Å². The lowest BCUT2D eigenvalue weighted by Gasteiger charge is -2.34. The third-order valence-electron chi connectivity index (χ3n) is 3.76.